The molecule has 0 aliphatic carbocycles. The van der Waals surface area contributed by atoms with Crippen LogP contribution in [0.5, 0.6) is 0 Å². The van der Waals surface area contributed by atoms with E-state index in [0.29, 0.717) is 22.3 Å². The van der Waals surface area contributed by atoms with E-state index in [1.807, 2.05) is 36.1 Å². The van der Waals surface area contributed by atoms with Gasteiger partial charge in [0.2, 0.25) is 0 Å². The van der Waals surface area contributed by atoms with Crippen LogP contribution in [0.4, 0.5) is 19.4 Å². The third-order valence-electron chi connectivity index (χ3n) is 3.40. The van der Waals surface area contributed by atoms with Crippen LogP contribution in [-0.2, 0) is 0 Å². The van der Waals surface area contributed by atoms with Crippen LogP contribution in [0, 0.1) is 6.92 Å². The zero-order valence-electron chi connectivity index (χ0n) is 12.3. The maximum atomic E-state index is 12.7. The summed E-state index contributed by atoms with van der Waals surface area (Å²) >= 11 is -0.156. The molecule has 0 atom stereocenters. The van der Waals surface area contributed by atoms with Gasteiger partial charge in [0.05, 0.1) is 0 Å². The molecule has 128 valence electrons. The van der Waals surface area contributed by atoms with Crippen molar-refractivity contribution >= 4 is 24.7 Å². The Morgan fingerprint density at radius 2 is 1.33 bits per heavy atom. The second-order valence-electron chi connectivity index (χ2n) is 5.40. The number of aryl methyl sites for hydroxylation is 1. The van der Waals surface area contributed by atoms with Crippen molar-refractivity contribution in [1.29, 1.82) is 0 Å². The van der Waals surface area contributed by atoms with Crippen LogP contribution in [0.25, 0.3) is 21.4 Å². The van der Waals surface area contributed by atoms with Gasteiger partial charge in [-0.2, -0.15) is 0 Å². The topological polar surface area (TPSA) is 12.9 Å². The van der Waals surface area contributed by atoms with Crippen molar-refractivity contribution in [1.82, 2.24) is 4.98 Å². The Labute approximate surface area is 141 Å². The van der Waals surface area contributed by atoms with Crippen LogP contribution in [0.1, 0.15) is 5.56 Å². The second kappa shape index (κ2) is 4.94. The van der Waals surface area contributed by atoms with E-state index >= 15 is 0 Å². The fourth-order valence-corrected chi connectivity index (χ4v) is 4.52. The van der Waals surface area contributed by atoms with Crippen LogP contribution in [-0.4, -0.2) is 19.5 Å². The molecule has 0 unspecified atom stereocenters. The molecule has 0 amide bonds. The Balaban J connectivity index is 1.93. The van der Waals surface area contributed by atoms with Gasteiger partial charge in [0.25, 0.3) is 0 Å². The van der Waals surface area contributed by atoms with Gasteiger partial charge in [-0.3, -0.25) is 0 Å². The third kappa shape index (κ3) is 3.71. The Hall–Kier alpha value is -1.63. The van der Waals surface area contributed by atoms with Gasteiger partial charge in [-0.05, 0) is 0 Å². The number of rotatable bonds is 3. The van der Waals surface area contributed by atoms with Gasteiger partial charge >= 0.3 is 141 Å². The van der Waals surface area contributed by atoms with E-state index in [4.69, 9.17) is 0 Å². The molecule has 3 rings (SSSR count). The van der Waals surface area contributed by atoms with Crippen LogP contribution >= 0.6 is 10.2 Å². The molecule has 0 radical (unpaired) electrons. The van der Waals surface area contributed by atoms with Crippen molar-refractivity contribution < 1.29 is 19.4 Å². The summed E-state index contributed by atoms with van der Waals surface area (Å²) in [4.78, 5) is 4.47. The Morgan fingerprint density at radius 1 is 0.792 bits per heavy atom. The predicted octanol–water partition coefficient (Wildman–Crippen LogP) is 6.44. The van der Waals surface area contributed by atoms with Crippen molar-refractivity contribution in [2.45, 2.75) is 11.8 Å². The molecule has 8 heteroatoms. The Kier molecular flexibility index (Phi) is 3.54. The molecule has 1 heterocycles. The average molecular weight is 424 g/mol. The molecule has 0 aliphatic rings. The molecule has 0 bridgehead atoms. The first-order valence-corrected chi connectivity index (χ1v) is 10.6. The molecule has 0 spiro atoms. The van der Waals surface area contributed by atoms with Crippen LogP contribution in [0.2, 0.25) is 0 Å². The third-order valence-corrected chi connectivity index (χ3v) is 6.43. The van der Waals surface area contributed by atoms with Crippen LogP contribution < -0.4 is 0 Å². The number of halogens is 5. The van der Waals surface area contributed by atoms with Crippen molar-refractivity contribution in [2.24, 2.45) is 0 Å². The van der Waals surface area contributed by atoms with E-state index in [2.05, 4.69) is 4.98 Å². The monoisotopic (exact) mass is 425 g/mol. The number of nitrogens with zero attached hydrogens (tertiary/aromatic N) is 1. The van der Waals surface area contributed by atoms with Crippen LogP contribution in [0.3, 0.4) is 0 Å². The number of benzene rings is 2. The summed E-state index contributed by atoms with van der Waals surface area (Å²) in [5.41, 5.74) is 3.21. The first-order chi connectivity index (χ1) is 10.9. The molecular formula is C16H12F5NSSe. The van der Waals surface area contributed by atoms with E-state index < -0.39 is 15.1 Å². The minimum absolute atomic E-state index is 0.156. The standard InChI is InChI=1S/C16H12F5NSSe/c1-11-2-4-12(5-3-11)15-10-24-16(22-15)13-6-8-14(9-7-13)23(17,18,19,20)21/h2-10H,1H3. The maximum absolute atomic E-state index is 12.7. The number of hydrogen-bond donors (Lipinski definition) is 0. The van der Waals surface area contributed by atoms with E-state index in [1.54, 1.807) is 0 Å². The molecule has 0 saturated carbocycles. The second-order valence-corrected chi connectivity index (χ2v) is 9.61. The summed E-state index contributed by atoms with van der Waals surface area (Å²) in [7, 11) is -9.62. The van der Waals surface area contributed by atoms with Crippen molar-refractivity contribution in [3.8, 4) is 21.4 Å². The normalized spacial score (nSPS) is 14.9. The van der Waals surface area contributed by atoms with Crippen molar-refractivity contribution in [2.75, 3.05) is 0 Å². The molecule has 0 saturated heterocycles. The zero-order chi connectivity index (χ0) is 17.7. The first kappa shape index (κ1) is 17.2. The molecule has 3 aromatic rings. The fraction of sp³-hybridized carbons (Fsp3) is 0.0625. The number of aromatic nitrogens is 1. The molecule has 0 aliphatic heterocycles. The van der Waals surface area contributed by atoms with Gasteiger partial charge in [-0.1, -0.05) is 0 Å². The molecule has 0 N–H and O–H groups in total. The Bertz CT molecular complexity index is 884. The van der Waals surface area contributed by atoms with Crippen molar-refractivity contribution in [3.05, 3.63) is 59.0 Å². The molecular weight excluding hydrogens is 412 g/mol. The first-order valence-electron chi connectivity index (χ1n) is 6.79. The predicted molar refractivity (Wildman–Crippen MR) is 88.2 cm³/mol. The van der Waals surface area contributed by atoms with Gasteiger partial charge in [-0.15, -0.1) is 0 Å². The molecule has 2 aromatic carbocycles. The van der Waals surface area contributed by atoms with E-state index in [9.17, 15) is 19.4 Å². The van der Waals surface area contributed by atoms with E-state index in [1.165, 1.54) is 0 Å². The molecule has 1 nitrogen and oxygen atoms in total. The minimum atomic E-state index is -9.62. The van der Waals surface area contributed by atoms with Gasteiger partial charge in [0, 0.05) is 0 Å². The summed E-state index contributed by atoms with van der Waals surface area (Å²) < 4.78 is 64.3. The van der Waals surface area contributed by atoms with Gasteiger partial charge in [-0.25, -0.2) is 0 Å². The van der Waals surface area contributed by atoms with Gasteiger partial charge < -0.3 is 0 Å². The summed E-state index contributed by atoms with van der Waals surface area (Å²) in [5.74, 6) is 0. The molecule has 0 fully saturated rings. The quantitative estimate of drug-likeness (QED) is 0.348. The van der Waals surface area contributed by atoms with Gasteiger partial charge in [0.15, 0.2) is 0 Å². The summed E-state index contributed by atoms with van der Waals surface area (Å²) in [6.45, 7) is 1.96. The van der Waals surface area contributed by atoms with Crippen LogP contribution in [0.15, 0.2) is 58.4 Å². The Morgan fingerprint density at radius 3 is 1.88 bits per heavy atom. The number of hydrogen-bond acceptors (Lipinski definition) is 1. The summed E-state index contributed by atoms with van der Waals surface area (Å²) in [6, 6.07) is 10.7. The molecule has 24 heavy (non-hydrogen) atoms. The van der Waals surface area contributed by atoms with E-state index in [-0.39, 0.29) is 14.5 Å². The molecule has 1 aromatic heterocycles. The van der Waals surface area contributed by atoms with Crippen molar-refractivity contribution in [3.63, 3.8) is 0 Å². The average Bonchev–Trinajstić information content (AvgIpc) is 2.96. The fourth-order valence-electron chi connectivity index (χ4n) is 2.12. The van der Waals surface area contributed by atoms with E-state index in [0.717, 1.165) is 29.0 Å². The van der Waals surface area contributed by atoms with Gasteiger partial charge in [0.1, 0.15) is 0 Å². The SMILES string of the molecule is Cc1ccc(-c2c[se]c(-c3ccc(S(F)(F)(F)(F)F)cc3)n2)cc1. The summed E-state index contributed by atoms with van der Waals surface area (Å²) in [6.07, 6.45) is 0. The zero-order valence-corrected chi connectivity index (χ0v) is 14.9. The summed E-state index contributed by atoms with van der Waals surface area (Å²) in [5, 5.41) is 0.